The van der Waals surface area contributed by atoms with Gasteiger partial charge in [-0.2, -0.15) is 0 Å². The van der Waals surface area contributed by atoms with Crippen LogP contribution in [0.3, 0.4) is 0 Å². The second kappa shape index (κ2) is 5.95. The van der Waals surface area contributed by atoms with Crippen LogP contribution in [0.15, 0.2) is 17.0 Å². The highest BCUT2D eigenvalue weighted by Gasteiger charge is 2.19. The molecule has 0 spiro atoms. The number of ether oxygens (including phenoxy) is 1. The Kier molecular flexibility index (Phi) is 4.54. The van der Waals surface area contributed by atoms with Gasteiger partial charge >= 0.3 is 0 Å². The maximum absolute atomic E-state index is 5.49. The van der Waals surface area contributed by atoms with Crippen molar-refractivity contribution in [2.45, 2.75) is 24.1 Å². The fraction of sp³-hybridized carbons (Fsp3) is 0.571. The van der Waals surface area contributed by atoms with E-state index in [9.17, 15) is 0 Å². The molecule has 0 aliphatic carbocycles. The SMILES string of the molecule is COc1cc(C)c(C)cc1SC1CN(C)CCN1. The zero-order chi connectivity index (χ0) is 13.1. The maximum Gasteiger partial charge on any atom is 0.132 e. The number of methoxy groups -OCH3 is 1. The molecule has 3 nitrogen and oxygen atoms in total. The molecule has 2 rings (SSSR count). The summed E-state index contributed by atoms with van der Waals surface area (Å²) in [4.78, 5) is 3.59. The smallest absolute Gasteiger partial charge is 0.132 e. The summed E-state index contributed by atoms with van der Waals surface area (Å²) in [5.41, 5.74) is 2.60. The van der Waals surface area contributed by atoms with Crippen molar-refractivity contribution in [1.82, 2.24) is 10.2 Å². The van der Waals surface area contributed by atoms with E-state index in [1.807, 2.05) is 11.8 Å². The van der Waals surface area contributed by atoms with Crippen molar-refractivity contribution in [3.05, 3.63) is 23.3 Å². The third kappa shape index (κ3) is 3.19. The lowest BCUT2D eigenvalue weighted by Crippen LogP contribution is -2.47. The third-order valence-electron chi connectivity index (χ3n) is 3.39. The number of likely N-dealkylation sites (N-methyl/N-ethyl adjacent to an activating group) is 1. The minimum Gasteiger partial charge on any atom is -0.496 e. The van der Waals surface area contributed by atoms with Gasteiger partial charge in [-0.25, -0.2) is 0 Å². The average molecular weight is 266 g/mol. The van der Waals surface area contributed by atoms with Gasteiger partial charge in [-0.05, 0) is 44.2 Å². The van der Waals surface area contributed by atoms with Crippen LogP contribution in [0.5, 0.6) is 5.75 Å². The van der Waals surface area contributed by atoms with Crippen LogP contribution >= 0.6 is 11.8 Å². The van der Waals surface area contributed by atoms with Crippen molar-refractivity contribution in [3.8, 4) is 5.75 Å². The van der Waals surface area contributed by atoms with Crippen molar-refractivity contribution in [2.24, 2.45) is 0 Å². The van der Waals surface area contributed by atoms with E-state index in [2.05, 4.69) is 43.2 Å². The van der Waals surface area contributed by atoms with Crippen LogP contribution in [0.4, 0.5) is 0 Å². The Labute approximate surface area is 114 Å². The molecule has 1 heterocycles. The largest absolute Gasteiger partial charge is 0.496 e. The number of nitrogens with one attached hydrogen (secondary N) is 1. The Morgan fingerprint density at radius 1 is 1.33 bits per heavy atom. The van der Waals surface area contributed by atoms with Crippen LogP contribution in [0, 0.1) is 13.8 Å². The summed E-state index contributed by atoms with van der Waals surface area (Å²) in [6.07, 6.45) is 0. The van der Waals surface area contributed by atoms with Crippen molar-refractivity contribution < 1.29 is 4.74 Å². The fourth-order valence-corrected chi connectivity index (χ4v) is 3.44. The van der Waals surface area contributed by atoms with E-state index in [1.54, 1.807) is 7.11 Å². The van der Waals surface area contributed by atoms with Crippen LogP contribution < -0.4 is 10.1 Å². The number of rotatable bonds is 3. The van der Waals surface area contributed by atoms with Crippen molar-refractivity contribution in [1.29, 1.82) is 0 Å². The highest BCUT2D eigenvalue weighted by molar-refractivity contribution is 8.00. The van der Waals surface area contributed by atoms with Gasteiger partial charge < -0.3 is 15.0 Å². The lowest BCUT2D eigenvalue weighted by Gasteiger charge is -2.30. The molecular formula is C14H22N2OS. The molecule has 100 valence electrons. The Bertz CT molecular complexity index is 423. The Hall–Kier alpha value is -0.710. The molecular weight excluding hydrogens is 244 g/mol. The second-order valence-electron chi connectivity index (χ2n) is 4.91. The van der Waals surface area contributed by atoms with Crippen LogP contribution in [-0.2, 0) is 0 Å². The highest BCUT2D eigenvalue weighted by Crippen LogP contribution is 2.34. The van der Waals surface area contributed by atoms with Crippen molar-refractivity contribution in [3.63, 3.8) is 0 Å². The fourth-order valence-electron chi connectivity index (χ4n) is 2.10. The first kappa shape index (κ1) is 13.7. The van der Waals surface area contributed by atoms with Gasteiger partial charge in [-0.15, -0.1) is 11.8 Å². The Morgan fingerprint density at radius 3 is 2.72 bits per heavy atom. The van der Waals surface area contributed by atoms with Gasteiger partial charge in [0.05, 0.1) is 17.4 Å². The zero-order valence-electron chi connectivity index (χ0n) is 11.6. The molecule has 1 unspecified atom stereocenters. The number of hydrogen-bond acceptors (Lipinski definition) is 4. The Balaban J connectivity index is 2.14. The first-order valence-electron chi connectivity index (χ1n) is 6.34. The predicted octanol–water partition coefficient (Wildman–Crippen LogP) is 2.27. The summed E-state index contributed by atoms with van der Waals surface area (Å²) in [5, 5.41) is 3.99. The molecule has 1 aliphatic rings. The topological polar surface area (TPSA) is 24.5 Å². The first-order valence-corrected chi connectivity index (χ1v) is 7.22. The number of nitrogens with zero attached hydrogens (tertiary/aromatic N) is 1. The first-order chi connectivity index (χ1) is 8.60. The van der Waals surface area contributed by atoms with Crippen molar-refractivity contribution in [2.75, 3.05) is 33.8 Å². The molecule has 1 saturated heterocycles. The molecule has 0 saturated carbocycles. The summed E-state index contributed by atoms with van der Waals surface area (Å²) in [6.45, 7) is 7.53. The van der Waals surface area contributed by atoms with Gasteiger partial charge in [0.15, 0.2) is 0 Å². The van der Waals surface area contributed by atoms with Crippen LogP contribution in [0.2, 0.25) is 0 Å². The van der Waals surface area contributed by atoms with Gasteiger partial charge in [-0.1, -0.05) is 0 Å². The number of benzene rings is 1. The monoisotopic (exact) mass is 266 g/mol. The zero-order valence-corrected chi connectivity index (χ0v) is 12.4. The van der Waals surface area contributed by atoms with E-state index in [4.69, 9.17) is 4.74 Å². The molecule has 1 aromatic carbocycles. The predicted molar refractivity (Wildman–Crippen MR) is 77.6 cm³/mol. The van der Waals surface area contributed by atoms with E-state index < -0.39 is 0 Å². The molecule has 1 fully saturated rings. The van der Waals surface area contributed by atoms with E-state index in [0.29, 0.717) is 5.37 Å². The molecule has 0 bridgehead atoms. The maximum atomic E-state index is 5.49. The number of aryl methyl sites for hydroxylation is 2. The third-order valence-corrected chi connectivity index (χ3v) is 4.57. The lowest BCUT2D eigenvalue weighted by atomic mass is 10.1. The van der Waals surface area contributed by atoms with Gasteiger partial charge in [0.1, 0.15) is 5.75 Å². The summed E-state index contributed by atoms with van der Waals surface area (Å²) in [7, 11) is 3.92. The lowest BCUT2D eigenvalue weighted by molar-refractivity contribution is 0.278. The molecule has 1 aliphatic heterocycles. The van der Waals surface area contributed by atoms with Gasteiger partial charge in [0.25, 0.3) is 0 Å². The van der Waals surface area contributed by atoms with E-state index in [-0.39, 0.29) is 0 Å². The van der Waals surface area contributed by atoms with Crippen LogP contribution in [0.1, 0.15) is 11.1 Å². The summed E-state index contributed by atoms with van der Waals surface area (Å²) < 4.78 is 5.49. The summed E-state index contributed by atoms with van der Waals surface area (Å²) in [6, 6.07) is 4.36. The van der Waals surface area contributed by atoms with Gasteiger partial charge in [0, 0.05) is 19.6 Å². The van der Waals surface area contributed by atoms with Gasteiger partial charge in [0.2, 0.25) is 0 Å². The summed E-state index contributed by atoms with van der Waals surface area (Å²) in [5.74, 6) is 0.984. The molecule has 18 heavy (non-hydrogen) atoms. The number of thioether (sulfide) groups is 1. The minimum atomic E-state index is 0.444. The standard InChI is InChI=1S/C14H22N2OS/c1-10-7-12(17-4)13(8-11(10)2)18-14-9-16(3)6-5-15-14/h7-8,14-15H,5-6,9H2,1-4H3. The summed E-state index contributed by atoms with van der Waals surface area (Å²) >= 11 is 1.86. The molecule has 0 aromatic heterocycles. The highest BCUT2D eigenvalue weighted by atomic mass is 32.2. The molecule has 1 N–H and O–H groups in total. The van der Waals surface area contributed by atoms with Gasteiger partial charge in [-0.3, -0.25) is 0 Å². The molecule has 0 amide bonds. The minimum absolute atomic E-state index is 0.444. The van der Waals surface area contributed by atoms with Crippen molar-refractivity contribution >= 4 is 11.8 Å². The molecule has 1 atom stereocenters. The van der Waals surface area contributed by atoms with Crippen LogP contribution in [0.25, 0.3) is 0 Å². The van der Waals surface area contributed by atoms with E-state index >= 15 is 0 Å². The quantitative estimate of drug-likeness (QED) is 0.907. The number of hydrogen-bond donors (Lipinski definition) is 1. The Morgan fingerprint density at radius 2 is 2.06 bits per heavy atom. The average Bonchev–Trinajstić information content (AvgIpc) is 2.33. The van der Waals surface area contributed by atoms with Crippen LogP contribution in [-0.4, -0.2) is 44.1 Å². The molecule has 0 radical (unpaired) electrons. The normalized spacial score (nSPS) is 21.0. The molecule has 4 heteroatoms. The van der Waals surface area contributed by atoms with E-state index in [0.717, 1.165) is 25.4 Å². The number of piperazine rings is 1. The van der Waals surface area contributed by atoms with E-state index in [1.165, 1.54) is 16.0 Å². The molecule has 1 aromatic rings. The second-order valence-corrected chi connectivity index (χ2v) is 6.15.